The molecule has 2 aliphatic rings. The van der Waals surface area contributed by atoms with Crippen LogP contribution in [0, 0.1) is 0 Å². The van der Waals surface area contributed by atoms with Crippen molar-refractivity contribution in [3.63, 3.8) is 0 Å². The first kappa shape index (κ1) is 29.1. The molecule has 10 aromatic rings. The smallest absolute Gasteiger partial charge is 0.0469 e. The average molecular weight is 671 g/mol. The molecule has 0 heterocycles. The minimum atomic E-state index is -0.107. The zero-order valence-electron chi connectivity index (χ0n) is 29.2. The first-order chi connectivity index (χ1) is 26.3. The molecule has 0 fully saturated rings. The second-order valence-corrected chi connectivity index (χ2v) is 15.1. The molecular weight excluding hydrogens is 637 g/mol. The summed E-state index contributed by atoms with van der Waals surface area (Å²) in [4.78, 5) is 0. The Bertz CT molecular complexity index is 3170. The molecule has 0 nitrogen and oxygen atoms in total. The van der Waals surface area contributed by atoms with E-state index in [1.165, 1.54) is 109 Å². The Hall–Kier alpha value is -6.50. The third-order valence-corrected chi connectivity index (χ3v) is 12.6. The fourth-order valence-corrected chi connectivity index (χ4v) is 10.4. The SMILES string of the molecule is c1ccc(-c2ccc3c4ccc(-c5ccc6c(c5)C5(CCc7ccccc75)c5ccccc5-6)cc4c4c5ccccc5c5ccccc5c4c3c2)cc1. The van der Waals surface area contributed by atoms with Crippen LogP contribution < -0.4 is 0 Å². The maximum absolute atomic E-state index is 2.53. The number of benzene rings is 10. The van der Waals surface area contributed by atoms with Gasteiger partial charge >= 0.3 is 0 Å². The van der Waals surface area contributed by atoms with Crippen molar-refractivity contribution in [1.29, 1.82) is 0 Å². The third-order valence-electron chi connectivity index (χ3n) is 12.6. The summed E-state index contributed by atoms with van der Waals surface area (Å²) >= 11 is 0. The van der Waals surface area contributed by atoms with E-state index in [1.54, 1.807) is 0 Å². The number of fused-ring (bicyclic) bond motifs is 18. The zero-order chi connectivity index (χ0) is 34.7. The van der Waals surface area contributed by atoms with Gasteiger partial charge in [-0.2, -0.15) is 0 Å². The highest BCUT2D eigenvalue weighted by Gasteiger charge is 2.48. The minimum absolute atomic E-state index is 0.107. The lowest BCUT2D eigenvalue weighted by atomic mass is 9.73. The predicted octanol–water partition coefficient (Wildman–Crippen LogP) is 14.0. The normalized spacial score (nSPS) is 15.8. The maximum atomic E-state index is 2.53. The van der Waals surface area contributed by atoms with Gasteiger partial charge in [-0.25, -0.2) is 0 Å². The van der Waals surface area contributed by atoms with E-state index in [2.05, 4.69) is 182 Å². The van der Waals surface area contributed by atoms with Gasteiger partial charge in [-0.3, -0.25) is 0 Å². The van der Waals surface area contributed by atoms with Crippen molar-refractivity contribution < 1.29 is 0 Å². The van der Waals surface area contributed by atoms with E-state index in [1.807, 2.05) is 0 Å². The van der Waals surface area contributed by atoms with Crippen LogP contribution in [-0.4, -0.2) is 0 Å². The van der Waals surface area contributed by atoms with E-state index in [4.69, 9.17) is 0 Å². The predicted molar refractivity (Wildman–Crippen MR) is 225 cm³/mol. The van der Waals surface area contributed by atoms with Crippen LogP contribution in [0.1, 0.15) is 28.7 Å². The number of rotatable bonds is 2. The molecule has 1 atom stereocenters. The Labute approximate surface area is 308 Å². The van der Waals surface area contributed by atoms with Crippen molar-refractivity contribution in [3.8, 4) is 33.4 Å². The summed E-state index contributed by atoms with van der Waals surface area (Å²) in [6.07, 6.45) is 2.22. The van der Waals surface area contributed by atoms with Gasteiger partial charge in [0.2, 0.25) is 0 Å². The number of hydrogen-bond donors (Lipinski definition) is 0. The number of hydrogen-bond acceptors (Lipinski definition) is 0. The van der Waals surface area contributed by atoms with Crippen molar-refractivity contribution in [3.05, 3.63) is 204 Å². The second-order valence-electron chi connectivity index (χ2n) is 15.1. The van der Waals surface area contributed by atoms with Gasteiger partial charge < -0.3 is 0 Å². The molecule has 0 bridgehead atoms. The molecule has 246 valence electrons. The lowest BCUT2D eigenvalue weighted by Gasteiger charge is -2.29. The van der Waals surface area contributed by atoms with Crippen LogP contribution >= 0.6 is 0 Å². The van der Waals surface area contributed by atoms with E-state index in [0.717, 1.165) is 12.8 Å². The summed E-state index contributed by atoms with van der Waals surface area (Å²) in [6, 6.07) is 68.7. The van der Waals surface area contributed by atoms with Crippen LogP contribution in [-0.2, 0) is 11.8 Å². The highest BCUT2D eigenvalue weighted by Crippen LogP contribution is 2.59. The molecular formula is C53H34. The Kier molecular flexibility index (Phi) is 5.91. The summed E-state index contributed by atoms with van der Waals surface area (Å²) in [6.45, 7) is 0. The Morgan fingerprint density at radius 3 is 1.49 bits per heavy atom. The lowest BCUT2D eigenvalue weighted by Crippen LogP contribution is -2.23. The van der Waals surface area contributed by atoms with Gasteiger partial charge in [-0.15, -0.1) is 0 Å². The highest BCUT2D eigenvalue weighted by molar-refractivity contribution is 6.39. The fourth-order valence-electron chi connectivity index (χ4n) is 10.4. The molecule has 1 spiro atoms. The molecule has 0 saturated heterocycles. The lowest BCUT2D eigenvalue weighted by molar-refractivity contribution is 0.626. The summed E-state index contributed by atoms with van der Waals surface area (Å²) in [5, 5.41) is 13.1. The molecule has 0 heteroatoms. The van der Waals surface area contributed by atoms with Gasteiger partial charge in [-0.1, -0.05) is 164 Å². The van der Waals surface area contributed by atoms with Gasteiger partial charge in [0.15, 0.2) is 0 Å². The summed E-state index contributed by atoms with van der Waals surface area (Å²) in [5.41, 5.74) is 13.6. The third kappa shape index (κ3) is 3.90. The monoisotopic (exact) mass is 670 g/mol. The first-order valence-electron chi connectivity index (χ1n) is 18.9. The Morgan fingerprint density at radius 2 is 0.792 bits per heavy atom. The first-order valence-corrected chi connectivity index (χ1v) is 18.9. The molecule has 0 radical (unpaired) electrons. The van der Waals surface area contributed by atoms with Crippen LogP contribution in [0.15, 0.2) is 182 Å². The van der Waals surface area contributed by atoms with Gasteiger partial charge in [0.05, 0.1) is 0 Å². The molecule has 1 unspecified atom stereocenters. The van der Waals surface area contributed by atoms with E-state index >= 15 is 0 Å². The molecule has 0 aliphatic heterocycles. The summed E-state index contributed by atoms with van der Waals surface area (Å²) in [5.74, 6) is 0. The standard InChI is InChI=1S/C53H34/c1-2-12-33(13-3-1)35-22-25-40-41-26-23-36(31-47(41)52-45-19-8-6-16-39(45)38-15-5-7-18-44(38)51(52)46(40)30-35)37-24-27-43-42-17-9-11-21-49(42)53(50(43)32-37)29-28-34-14-4-10-20-48(34)53/h1-27,30-32H,28-29H2. The van der Waals surface area contributed by atoms with E-state index < -0.39 is 0 Å². The van der Waals surface area contributed by atoms with Crippen molar-refractivity contribution in [1.82, 2.24) is 0 Å². The zero-order valence-corrected chi connectivity index (χ0v) is 29.2. The van der Waals surface area contributed by atoms with E-state index in [0.29, 0.717) is 0 Å². The van der Waals surface area contributed by atoms with Crippen LogP contribution in [0.3, 0.4) is 0 Å². The summed E-state index contributed by atoms with van der Waals surface area (Å²) < 4.78 is 0. The van der Waals surface area contributed by atoms with Crippen LogP contribution in [0.2, 0.25) is 0 Å². The quantitative estimate of drug-likeness (QED) is 0.161. The fraction of sp³-hybridized carbons (Fsp3) is 0.0566. The molecule has 0 aromatic heterocycles. The van der Waals surface area contributed by atoms with Gasteiger partial charge in [0.1, 0.15) is 0 Å². The van der Waals surface area contributed by atoms with Crippen molar-refractivity contribution in [2.24, 2.45) is 0 Å². The second kappa shape index (κ2) is 10.8. The van der Waals surface area contributed by atoms with Crippen LogP contribution in [0.5, 0.6) is 0 Å². The molecule has 10 aromatic carbocycles. The highest BCUT2D eigenvalue weighted by atomic mass is 14.5. The molecule has 53 heavy (non-hydrogen) atoms. The van der Waals surface area contributed by atoms with Crippen molar-refractivity contribution >= 4 is 53.9 Å². The number of aryl methyl sites for hydroxylation is 1. The van der Waals surface area contributed by atoms with Crippen LogP contribution in [0.4, 0.5) is 0 Å². The Morgan fingerprint density at radius 1 is 0.302 bits per heavy atom. The maximum Gasteiger partial charge on any atom is 0.0469 e. The Balaban J connectivity index is 1.17. The van der Waals surface area contributed by atoms with Crippen molar-refractivity contribution in [2.75, 3.05) is 0 Å². The molecule has 0 amide bonds. The molecule has 2 aliphatic carbocycles. The molecule has 0 saturated carbocycles. The van der Waals surface area contributed by atoms with E-state index in [9.17, 15) is 0 Å². The molecule has 12 rings (SSSR count). The van der Waals surface area contributed by atoms with Gasteiger partial charge in [-0.05, 0) is 141 Å². The summed E-state index contributed by atoms with van der Waals surface area (Å²) in [7, 11) is 0. The topological polar surface area (TPSA) is 0 Å². The van der Waals surface area contributed by atoms with Crippen molar-refractivity contribution in [2.45, 2.75) is 18.3 Å². The molecule has 0 N–H and O–H groups in total. The van der Waals surface area contributed by atoms with Gasteiger partial charge in [0, 0.05) is 5.41 Å². The van der Waals surface area contributed by atoms with E-state index in [-0.39, 0.29) is 5.41 Å². The van der Waals surface area contributed by atoms with Gasteiger partial charge in [0.25, 0.3) is 0 Å². The largest absolute Gasteiger partial charge is 0.0622 e. The minimum Gasteiger partial charge on any atom is -0.0622 e. The average Bonchev–Trinajstić information content (AvgIpc) is 3.76. The van der Waals surface area contributed by atoms with Crippen LogP contribution in [0.25, 0.3) is 87.2 Å².